The van der Waals surface area contributed by atoms with E-state index >= 15 is 0 Å². The molecule has 1 aromatic rings. The van der Waals surface area contributed by atoms with Crippen LogP contribution in [0.3, 0.4) is 0 Å². The minimum atomic E-state index is -0.619. The molecule has 0 atom stereocenters. The smallest absolute Gasteiger partial charge is 0.253 e. The average Bonchev–Trinajstić information content (AvgIpc) is 2.67. The fourth-order valence-electron chi connectivity index (χ4n) is 2.04. The van der Waals surface area contributed by atoms with E-state index < -0.39 is 5.91 Å². The zero-order chi connectivity index (χ0) is 13.3. The number of anilines is 2. The lowest BCUT2D eigenvalue weighted by atomic mass is 10.1. The maximum Gasteiger partial charge on any atom is 0.253 e. The van der Waals surface area contributed by atoms with Gasteiger partial charge in [0.05, 0.1) is 17.4 Å². The number of carbonyl (C=O) groups is 1. The lowest BCUT2D eigenvalue weighted by Gasteiger charge is -2.30. The van der Waals surface area contributed by atoms with E-state index in [-0.39, 0.29) is 17.4 Å². The minimum Gasteiger partial charge on any atom is -0.396 e. The Labute approximate surface area is 108 Å². The molecule has 0 bridgehead atoms. The first kappa shape index (κ1) is 12.7. The largest absolute Gasteiger partial charge is 0.396 e. The summed E-state index contributed by atoms with van der Waals surface area (Å²) in [5.74, 6) is -0.619. The summed E-state index contributed by atoms with van der Waals surface area (Å²) in [6, 6.07) is 1.97. The molecular weight excluding hydrogens is 252 g/mol. The number of nitrogen functional groups attached to an aromatic ring is 1. The molecule has 0 radical (unpaired) electrons. The van der Waals surface area contributed by atoms with Gasteiger partial charge < -0.3 is 21.5 Å². The molecule has 0 aliphatic carbocycles. The Balaban J connectivity index is 2.38. The third-order valence-electron chi connectivity index (χ3n) is 3.03. The molecule has 1 aliphatic heterocycles. The van der Waals surface area contributed by atoms with Gasteiger partial charge in [0, 0.05) is 13.1 Å². The van der Waals surface area contributed by atoms with E-state index in [9.17, 15) is 9.90 Å². The topological polar surface area (TPSA) is 116 Å². The van der Waals surface area contributed by atoms with Crippen LogP contribution < -0.4 is 16.4 Å². The fraction of sp³-hybridized carbons (Fsp3) is 0.455. The Bertz CT molecular complexity index is 512. The summed E-state index contributed by atoms with van der Waals surface area (Å²) in [4.78, 5) is 13.7. The van der Waals surface area contributed by atoms with Gasteiger partial charge in [-0.3, -0.25) is 4.79 Å². The second kappa shape index (κ2) is 4.84. The van der Waals surface area contributed by atoms with Crippen molar-refractivity contribution in [2.75, 3.05) is 23.7 Å². The molecule has 7 heteroatoms. The molecule has 5 N–H and O–H groups in total. The van der Waals surface area contributed by atoms with Crippen molar-refractivity contribution in [2.24, 2.45) is 5.73 Å². The summed E-state index contributed by atoms with van der Waals surface area (Å²) in [6.07, 6.45) is 0.974. The number of rotatable bonds is 2. The first-order valence-corrected chi connectivity index (χ1v) is 6.41. The first-order chi connectivity index (χ1) is 8.54. The molecule has 18 heavy (non-hydrogen) atoms. The molecule has 6 nitrogen and oxygen atoms in total. The molecule has 1 saturated heterocycles. The number of aliphatic hydroxyl groups is 1. The molecule has 1 fully saturated rings. The highest BCUT2D eigenvalue weighted by atomic mass is 32.1. The minimum absolute atomic E-state index is 0.163. The van der Waals surface area contributed by atoms with Crippen LogP contribution in [0, 0.1) is 11.3 Å². The second-order valence-corrected chi connectivity index (χ2v) is 5.22. The van der Waals surface area contributed by atoms with Gasteiger partial charge in [-0.2, -0.15) is 5.26 Å². The van der Waals surface area contributed by atoms with Gasteiger partial charge in [-0.05, 0) is 12.8 Å². The Kier molecular flexibility index (Phi) is 3.41. The number of hydrogen-bond acceptors (Lipinski definition) is 6. The lowest BCUT2D eigenvalue weighted by Crippen LogP contribution is -2.36. The van der Waals surface area contributed by atoms with E-state index in [4.69, 9.17) is 16.7 Å². The number of primary amides is 1. The van der Waals surface area contributed by atoms with E-state index in [2.05, 4.69) is 0 Å². The molecule has 2 rings (SSSR count). The van der Waals surface area contributed by atoms with Crippen LogP contribution >= 0.6 is 11.3 Å². The van der Waals surface area contributed by atoms with Gasteiger partial charge in [-0.25, -0.2) is 0 Å². The van der Waals surface area contributed by atoms with Gasteiger partial charge in [0.2, 0.25) is 0 Å². The number of nitriles is 1. The molecule has 1 aromatic heterocycles. The number of nitrogens with two attached hydrogens (primary N) is 2. The predicted molar refractivity (Wildman–Crippen MR) is 69.4 cm³/mol. The van der Waals surface area contributed by atoms with E-state index in [1.165, 1.54) is 11.3 Å². The van der Waals surface area contributed by atoms with Gasteiger partial charge >= 0.3 is 0 Å². The Hall–Kier alpha value is -1.78. The van der Waals surface area contributed by atoms with Crippen LogP contribution in [0.25, 0.3) is 0 Å². The summed E-state index contributed by atoms with van der Waals surface area (Å²) < 4.78 is 0. The van der Waals surface area contributed by atoms with Crippen LogP contribution in [0.5, 0.6) is 0 Å². The van der Waals surface area contributed by atoms with E-state index in [0.29, 0.717) is 35.8 Å². The standard InChI is InChI=1S/C11H14N4O2S/c12-5-7-9(13)8(10(14)17)11(18-7)15-3-1-6(16)2-4-15/h6,16H,1-4,13H2,(H2,14,17). The maximum absolute atomic E-state index is 11.4. The van der Waals surface area contributed by atoms with Crippen molar-refractivity contribution in [2.45, 2.75) is 18.9 Å². The van der Waals surface area contributed by atoms with Crippen molar-refractivity contribution >= 4 is 27.9 Å². The number of nitrogens with zero attached hydrogens (tertiary/aromatic N) is 2. The summed E-state index contributed by atoms with van der Waals surface area (Å²) >= 11 is 1.18. The van der Waals surface area contributed by atoms with Crippen molar-refractivity contribution in [1.29, 1.82) is 5.26 Å². The Morgan fingerprint density at radius 3 is 2.61 bits per heavy atom. The molecule has 0 unspecified atom stereocenters. The second-order valence-electron chi connectivity index (χ2n) is 4.22. The van der Waals surface area contributed by atoms with Crippen molar-refractivity contribution in [1.82, 2.24) is 0 Å². The summed E-state index contributed by atoms with van der Waals surface area (Å²) in [7, 11) is 0. The Morgan fingerprint density at radius 2 is 2.11 bits per heavy atom. The zero-order valence-electron chi connectivity index (χ0n) is 9.72. The number of thiophene rings is 1. The average molecular weight is 266 g/mol. The molecule has 0 aromatic carbocycles. The monoisotopic (exact) mass is 266 g/mol. The number of amides is 1. The molecule has 0 spiro atoms. The van der Waals surface area contributed by atoms with Crippen molar-refractivity contribution in [3.05, 3.63) is 10.4 Å². The van der Waals surface area contributed by atoms with Crippen LogP contribution in [0.2, 0.25) is 0 Å². The van der Waals surface area contributed by atoms with Crippen LogP contribution in [0.1, 0.15) is 28.1 Å². The maximum atomic E-state index is 11.4. The van der Waals surface area contributed by atoms with Crippen molar-refractivity contribution in [3.63, 3.8) is 0 Å². The summed E-state index contributed by atoms with van der Waals surface area (Å²) in [5, 5.41) is 19.1. The normalized spacial score (nSPS) is 16.6. The number of hydrogen-bond donors (Lipinski definition) is 3. The van der Waals surface area contributed by atoms with Crippen LogP contribution in [-0.4, -0.2) is 30.2 Å². The van der Waals surface area contributed by atoms with Gasteiger partial charge in [-0.15, -0.1) is 11.3 Å². The highest BCUT2D eigenvalue weighted by Gasteiger charge is 2.26. The molecular formula is C11H14N4O2S. The lowest BCUT2D eigenvalue weighted by molar-refractivity contribution is 0.100. The molecule has 0 saturated carbocycles. The number of piperidine rings is 1. The van der Waals surface area contributed by atoms with Gasteiger partial charge in [-0.1, -0.05) is 0 Å². The third kappa shape index (κ3) is 2.12. The molecule has 1 amide bonds. The quantitative estimate of drug-likeness (QED) is 0.710. The van der Waals surface area contributed by atoms with E-state index in [1.807, 2.05) is 11.0 Å². The first-order valence-electron chi connectivity index (χ1n) is 5.59. The molecule has 2 heterocycles. The third-order valence-corrected chi connectivity index (χ3v) is 4.20. The number of aliphatic hydroxyl groups excluding tert-OH is 1. The van der Waals surface area contributed by atoms with Gasteiger partial charge in [0.15, 0.2) is 0 Å². The number of carbonyl (C=O) groups excluding carboxylic acids is 1. The SMILES string of the molecule is N#Cc1sc(N2CCC(O)CC2)c(C(N)=O)c1N. The van der Waals surface area contributed by atoms with E-state index in [0.717, 1.165) is 0 Å². The highest BCUT2D eigenvalue weighted by Crippen LogP contribution is 2.38. The van der Waals surface area contributed by atoms with Crippen LogP contribution in [0.15, 0.2) is 0 Å². The highest BCUT2D eigenvalue weighted by molar-refractivity contribution is 7.17. The van der Waals surface area contributed by atoms with Crippen molar-refractivity contribution in [3.8, 4) is 6.07 Å². The zero-order valence-corrected chi connectivity index (χ0v) is 10.5. The Morgan fingerprint density at radius 1 is 1.50 bits per heavy atom. The van der Waals surface area contributed by atoms with Gasteiger partial charge in [0.25, 0.3) is 5.91 Å². The molecule has 1 aliphatic rings. The summed E-state index contributed by atoms with van der Waals surface area (Å²) in [5.41, 5.74) is 11.5. The van der Waals surface area contributed by atoms with Crippen LogP contribution in [0.4, 0.5) is 10.7 Å². The predicted octanol–water partition coefficient (Wildman–Crippen LogP) is 0.262. The summed E-state index contributed by atoms with van der Waals surface area (Å²) in [6.45, 7) is 1.26. The fourth-order valence-corrected chi connectivity index (χ4v) is 3.12. The van der Waals surface area contributed by atoms with Crippen LogP contribution in [-0.2, 0) is 0 Å². The van der Waals surface area contributed by atoms with E-state index in [1.54, 1.807) is 0 Å². The van der Waals surface area contributed by atoms with Gasteiger partial charge in [0.1, 0.15) is 15.9 Å². The molecule has 96 valence electrons. The van der Waals surface area contributed by atoms with Crippen molar-refractivity contribution < 1.29 is 9.90 Å².